The van der Waals surface area contributed by atoms with Crippen LogP contribution >= 0.6 is 11.8 Å². The number of anilines is 2. The van der Waals surface area contributed by atoms with Gasteiger partial charge in [0.25, 0.3) is 5.91 Å². The summed E-state index contributed by atoms with van der Waals surface area (Å²) in [5, 5.41) is 5.62. The minimum absolute atomic E-state index is 0.0458. The molecule has 0 radical (unpaired) electrons. The van der Waals surface area contributed by atoms with Crippen molar-refractivity contribution in [1.29, 1.82) is 0 Å². The lowest BCUT2D eigenvalue weighted by atomic mass is 10.1. The number of hydrogen-bond donors (Lipinski definition) is 2. The van der Waals surface area contributed by atoms with E-state index in [2.05, 4.69) is 10.6 Å². The average Bonchev–Trinajstić information content (AvgIpc) is 2.78. The van der Waals surface area contributed by atoms with Crippen LogP contribution in [0.2, 0.25) is 0 Å². The Morgan fingerprint density at radius 3 is 2.23 bits per heavy atom. The zero-order valence-corrected chi connectivity index (χ0v) is 18.9. The molecule has 160 valence electrons. The summed E-state index contributed by atoms with van der Waals surface area (Å²) in [5.74, 6) is 0.466. The molecule has 0 heterocycles. The molecule has 5 nitrogen and oxygen atoms in total. The van der Waals surface area contributed by atoms with Crippen molar-refractivity contribution in [3.8, 4) is 5.75 Å². The molecule has 2 N–H and O–H groups in total. The second kappa shape index (κ2) is 10.2. The van der Waals surface area contributed by atoms with E-state index in [1.165, 1.54) is 11.8 Å². The number of ether oxygens (including phenoxy) is 1. The van der Waals surface area contributed by atoms with Gasteiger partial charge in [-0.2, -0.15) is 0 Å². The predicted octanol–water partition coefficient (Wildman–Crippen LogP) is 5.68. The molecule has 0 saturated carbocycles. The van der Waals surface area contributed by atoms with Crippen LogP contribution in [-0.2, 0) is 4.79 Å². The summed E-state index contributed by atoms with van der Waals surface area (Å²) in [4.78, 5) is 25.9. The molecule has 0 aliphatic rings. The number of carbonyl (C=O) groups excluding carboxylic acids is 2. The highest BCUT2D eigenvalue weighted by atomic mass is 32.2. The summed E-state index contributed by atoms with van der Waals surface area (Å²) in [7, 11) is 1.59. The largest absolute Gasteiger partial charge is 0.497 e. The third-order valence-electron chi connectivity index (χ3n) is 5.01. The first-order valence-corrected chi connectivity index (χ1v) is 10.8. The van der Waals surface area contributed by atoms with Crippen molar-refractivity contribution in [1.82, 2.24) is 0 Å². The zero-order chi connectivity index (χ0) is 22.4. The molecular weight excluding hydrogens is 408 g/mol. The van der Waals surface area contributed by atoms with Crippen LogP contribution in [0.15, 0.2) is 71.6 Å². The number of carbonyl (C=O) groups is 2. The maximum atomic E-state index is 12.6. The summed E-state index contributed by atoms with van der Waals surface area (Å²) >= 11 is 1.47. The first-order chi connectivity index (χ1) is 14.9. The van der Waals surface area contributed by atoms with Gasteiger partial charge in [0.2, 0.25) is 5.91 Å². The highest BCUT2D eigenvalue weighted by Crippen LogP contribution is 2.27. The molecule has 3 aromatic rings. The number of aryl methyl sites for hydroxylation is 1. The first-order valence-electron chi connectivity index (χ1n) is 9.96. The van der Waals surface area contributed by atoms with Gasteiger partial charge in [0.05, 0.1) is 12.4 Å². The van der Waals surface area contributed by atoms with E-state index in [9.17, 15) is 9.59 Å². The molecule has 0 fully saturated rings. The maximum Gasteiger partial charge on any atom is 0.255 e. The Hall–Kier alpha value is -3.25. The Labute approximate surface area is 187 Å². The van der Waals surface area contributed by atoms with E-state index in [0.717, 1.165) is 21.7 Å². The zero-order valence-electron chi connectivity index (χ0n) is 18.1. The van der Waals surface area contributed by atoms with Crippen molar-refractivity contribution >= 4 is 35.0 Å². The molecule has 1 unspecified atom stereocenters. The Morgan fingerprint density at radius 1 is 0.903 bits per heavy atom. The summed E-state index contributed by atoms with van der Waals surface area (Å²) in [5.41, 5.74) is 4.30. The normalized spacial score (nSPS) is 11.5. The van der Waals surface area contributed by atoms with Gasteiger partial charge in [-0.15, -0.1) is 11.8 Å². The fourth-order valence-corrected chi connectivity index (χ4v) is 3.81. The smallest absolute Gasteiger partial charge is 0.255 e. The third-order valence-corrected chi connectivity index (χ3v) is 6.12. The monoisotopic (exact) mass is 434 g/mol. The number of rotatable bonds is 7. The van der Waals surface area contributed by atoms with Crippen molar-refractivity contribution < 1.29 is 14.3 Å². The minimum Gasteiger partial charge on any atom is -0.497 e. The maximum absolute atomic E-state index is 12.6. The van der Waals surface area contributed by atoms with E-state index < -0.39 is 0 Å². The predicted molar refractivity (Wildman–Crippen MR) is 127 cm³/mol. The van der Waals surface area contributed by atoms with Crippen LogP contribution < -0.4 is 15.4 Å². The molecule has 0 aliphatic carbocycles. The molecule has 0 bridgehead atoms. The first kappa shape index (κ1) is 22.4. The van der Waals surface area contributed by atoms with Crippen LogP contribution in [0.3, 0.4) is 0 Å². The van der Waals surface area contributed by atoms with Gasteiger partial charge >= 0.3 is 0 Å². The molecule has 6 heteroatoms. The topological polar surface area (TPSA) is 67.4 Å². The van der Waals surface area contributed by atoms with Gasteiger partial charge in [0, 0.05) is 21.8 Å². The second-order valence-corrected chi connectivity index (χ2v) is 8.62. The number of benzene rings is 3. The Morgan fingerprint density at radius 2 is 1.58 bits per heavy atom. The number of thioether (sulfide) groups is 1. The van der Waals surface area contributed by atoms with Gasteiger partial charge in [-0.05, 0) is 86.5 Å². The average molecular weight is 435 g/mol. The van der Waals surface area contributed by atoms with E-state index in [-0.39, 0.29) is 17.1 Å². The standard InChI is InChI=1S/C25H26N2O3S/c1-16-6-5-7-23(17(16)2)27-24(28)18(3)31-22-14-10-20(11-15-22)26-25(29)19-8-12-21(30-4)13-9-19/h5-15,18H,1-4H3,(H,26,29)(H,27,28). The van der Waals surface area contributed by atoms with E-state index >= 15 is 0 Å². The molecule has 0 aliphatic heterocycles. The number of amides is 2. The van der Waals surface area contributed by atoms with E-state index in [1.807, 2.05) is 63.2 Å². The van der Waals surface area contributed by atoms with E-state index in [4.69, 9.17) is 4.74 Å². The third kappa shape index (κ3) is 5.89. The summed E-state index contributed by atoms with van der Waals surface area (Å²) < 4.78 is 5.11. The quantitative estimate of drug-likeness (QED) is 0.469. The molecular formula is C25H26N2O3S. The Balaban J connectivity index is 1.57. The molecule has 3 rings (SSSR count). The van der Waals surface area contributed by atoms with Gasteiger partial charge < -0.3 is 15.4 Å². The lowest BCUT2D eigenvalue weighted by molar-refractivity contribution is -0.115. The van der Waals surface area contributed by atoms with Crippen LogP contribution in [0.25, 0.3) is 0 Å². The number of nitrogens with one attached hydrogen (secondary N) is 2. The van der Waals surface area contributed by atoms with Crippen LogP contribution in [0.4, 0.5) is 11.4 Å². The van der Waals surface area contributed by atoms with Gasteiger partial charge in [0.15, 0.2) is 0 Å². The highest BCUT2D eigenvalue weighted by molar-refractivity contribution is 8.00. The van der Waals surface area contributed by atoms with Crippen LogP contribution in [0.1, 0.15) is 28.4 Å². The summed E-state index contributed by atoms with van der Waals surface area (Å²) in [6.07, 6.45) is 0. The fraction of sp³-hybridized carbons (Fsp3) is 0.200. The van der Waals surface area contributed by atoms with Crippen molar-refractivity contribution in [2.75, 3.05) is 17.7 Å². The molecule has 31 heavy (non-hydrogen) atoms. The molecule has 0 aromatic heterocycles. The summed E-state index contributed by atoms with van der Waals surface area (Å²) in [6.45, 7) is 5.91. The van der Waals surface area contributed by atoms with E-state index in [1.54, 1.807) is 31.4 Å². The lowest BCUT2D eigenvalue weighted by Gasteiger charge is -2.15. The van der Waals surface area contributed by atoms with Crippen molar-refractivity contribution in [3.63, 3.8) is 0 Å². The van der Waals surface area contributed by atoms with Crippen LogP contribution in [-0.4, -0.2) is 24.2 Å². The number of hydrogen-bond acceptors (Lipinski definition) is 4. The van der Waals surface area contributed by atoms with Gasteiger partial charge in [-0.1, -0.05) is 12.1 Å². The lowest BCUT2D eigenvalue weighted by Crippen LogP contribution is -2.22. The Kier molecular flexibility index (Phi) is 7.36. The molecule has 1 atom stereocenters. The van der Waals surface area contributed by atoms with E-state index in [0.29, 0.717) is 17.0 Å². The molecule has 2 amide bonds. The molecule has 0 spiro atoms. The highest BCUT2D eigenvalue weighted by Gasteiger charge is 2.16. The molecule has 0 saturated heterocycles. The molecule has 3 aromatic carbocycles. The van der Waals surface area contributed by atoms with Gasteiger partial charge in [-0.25, -0.2) is 0 Å². The number of methoxy groups -OCH3 is 1. The fourth-order valence-electron chi connectivity index (χ4n) is 2.94. The van der Waals surface area contributed by atoms with Gasteiger partial charge in [-0.3, -0.25) is 9.59 Å². The summed E-state index contributed by atoms with van der Waals surface area (Å²) in [6, 6.07) is 20.3. The van der Waals surface area contributed by atoms with Gasteiger partial charge in [0.1, 0.15) is 5.75 Å². The minimum atomic E-state index is -0.264. The van der Waals surface area contributed by atoms with Crippen LogP contribution in [0.5, 0.6) is 5.75 Å². The van der Waals surface area contributed by atoms with Crippen LogP contribution in [0, 0.1) is 13.8 Å². The second-order valence-electron chi connectivity index (χ2n) is 7.20. The van der Waals surface area contributed by atoms with Crippen molar-refractivity contribution in [3.05, 3.63) is 83.4 Å². The van der Waals surface area contributed by atoms with Crippen molar-refractivity contribution in [2.24, 2.45) is 0 Å². The Bertz CT molecular complexity index is 1060. The SMILES string of the molecule is COc1ccc(C(=O)Nc2ccc(SC(C)C(=O)Nc3cccc(C)c3C)cc2)cc1. The van der Waals surface area contributed by atoms with Crippen molar-refractivity contribution in [2.45, 2.75) is 30.9 Å².